The third kappa shape index (κ3) is 9.23. The number of para-hydroxylation sites is 2. The molecule has 37 heavy (non-hydrogen) atoms. The van der Waals surface area contributed by atoms with Crippen LogP contribution < -0.4 is 14.4 Å². The molecule has 0 saturated carbocycles. The monoisotopic (exact) mass is 551 g/mol. The van der Waals surface area contributed by atoms with E-state index in [4.69, 9.17) is 16.3 Å². The molecule has 0 aliphatic heterocycles. The van der Waals surface area contributed by atoms with Crippen molar-refractivity contribution in [3.8, 4) is 5.75 Å². The highest BCUT2D eigenvalue weighted by molar-refractivity contribution is 7.92. The zero-order chi connectivity index (χ0) is 27.4. The van der Waals surface area contributed by atoms with E-state index in [9.17, 15) is 18.0 Å². The lowest BCUT2D eigenvalue weighted by atomic mass is 10.1. The molecular weight excluding hydrogens is 514 g/mol. The van der Waals surface area contributed by atoms with Crippen molar-refractivity contribution in [3.63, 3.8) is 0 Å². The molecule has 0 aromatic heterocycles. The number of amides is 2. The molecule has 0 aliphatic carbocycles. The van der Waals surface area contributed by atoms with E-state index < -0.39 is 16.1 Å². The van der Waals surface area contributed by atoms with E-state index in [0.29, 0.717) is 29.4 Å². The third-order valence-corrected chi connectivity index (χ3v) is 7.42. The van der Waals surface area contributed by atoms with Crippen molar-refractivity contribution in [1.82, 2.24) is 10.2 Å². The largest absolute Gasteiger partial charge is 0.495 e. The minimum Gasteiger partial charge on any atom is -0.495 e. The van der Waals surface area contributed by atoms with Gasteiger partial charge in [0.1, 0.15) is 11.8 Å². The van der Waals surface area contributed by atoms with Gasteiger partial charge in [-0.25, -0.2) is 8.42 Å². The highest BCUT2D eigenvalue weighted by Crippen LogP contribution is 2.30. The van der Waals surface area contributed by atoms with Gasteiger partial charge in [-0.15, -0.1) is 0 Å². The molecule has 0 spiro atoms. The molecule has 2 aromatic carbocycles. The van der Waals surface area contributed by atoms with Crippen LogP contribution in [0.2, 0.25) is 5.02 Å². The number of halogens is 1. The zero-order valence-electron chi connectivity index (χ0n) is 22.1. The van der Waals surface area contributed by atoms with E-state index in [1.807, 2.05) is 26.0 Å². The number of anilines is 1. The Morgan fingerprint density at radius 2 is 1.73 bits per heavy atom. The summed E-state index contributed by atoms with van der Waals surface area (Å²) in [5.41, 5.74) is 1.27. The number of sulfonamides is 1. The Labute approximate surface area is 226 Å². The number of benzene rings is 2. The maximum Gasteiger partial charge on any atom is 0.242 e. The number of unbranched alkanes of at least 4 members (excludes halogenated alkanes) is 1. The summed E-state index contributed by atoms with van der Waals surface area (Å²) in [6, 6.07) is 13.4. The Morgan fingerprint density at radius 3 is 2.32 bits per heavy atom. The number of hydrogen-bond acceptors (Lipinski definition) is 5. The third-order valence-electron chi connectivity index (χ3n) is 5.99. The normalized spacial score (nSPS) is 12.0. The summed E-state index contributed by atoms with van der Waals surface area (Å²) in [4.78, 5) is 28.0. The first-order valence-electron chi connectivity index (χ1n) is 12.5. The van der Waals surface area contributed by atoms with Gasteiger partial charge in [0, 0.05) is 31.1 Å². The Hall–Kier alpha value is -2.78. The molecule has 0 fully saturated rings. The Morgan fingerprint density at radius 1 is 1.05 bits per heavy atom. The minimum absolute atomic E-state index is 0.0769. The van der Waals surface area contributed by atoms with Crippen LogP contribution in [0.25, 0.3) is 0 Å². The molecule has 0 heterocycles. The molecule has 0 saturated heterocycles. The van der Waals surface area contributed by atoms with Crippen molar-refractivity contribution in [2.45, 2.75) is 58.5 Å². The van der Waals surface area contributed by atoms with Crippen molar-refractivity contribution < 1.29 is 22.7 Å². The molecule has 8 nitrogen and oxygen atoms in total. The van der Waals surface area contributed by atoms with Gasteiger partial charge in [-0.3, -0.25) is 13.9 Å². The second-order valence-electron chi connectivity index (χ2n) is 8.83. The number of hydrogen-bond donors (Lipinski definition) is 1. The van der Waals surface area contributed by atoms with E-state index >= 15 is 0 Å². The van der Waals surface area contributed by atoms with Crippen LogP contribution in [0.4, 0.5) is 5.69 Å². The lowest BCUT2D eigenvalue weighted by Gasteiger charge is -2.31. The number of nitrogens with zero attached hydrogens (tertiary/aromatic N) is 2. The Bertz CT molecular complexity index is 1130. The summed E-state index contributed by atoms with van der Waals surface area (Å²) in [5, 5.41) is 3.52. The van der Waals surface area contributed by atoms with Crippen LogP contribution in [0.1, 0.15) is 51.5 Å². The van der Waals surface area contributed by atoms with Gasteiger partial charge in [0.2, 0.25) is 21.8 Å². The van der Waals surface area contributed by atoms with Crippen molar-refractivity contribution in [2.24, 2.45) is 0 Å². The summed E-state index contributed by atoms with van der Waals surface area (Å²) < 4.78 is 31.7. The van der Waals surface area contributed by atoms with E-state index in [0.717, 1.165) is 24.7 Å². The summed E-state index contributed by atoms with van der Waals surface area (Å²) in [6.45, 7) is 4.82. The average molecular weight is 552 g/mol. The van der Waals surface area contributed by atoms with Crippen LogP contribution in [0.15, 0.2) is 48.5 Å². The van der Waals surface area contributed by atoms with Crippen molar-refractivity contribution in [2.75, 3.05) is 30.8 Å². The molecular formula is C27H38ClN3O5S. The highest BCUT2D eigenvalue weighted by Gasteiger charge is 2.29. The standard InChI is InChI=1S/C27H38ClN3O5S/c1-5-7-18-29-27(33)23(6-2)30(20-21-14-16-22(28)17-15-21)26(32)13-10-19-31(37(4,34)35)24-11-8-9-12-25(24)36-3/h8-9,11-12,14-17,23H,5-7,10,13,18-20H2,1-4H3,(H,29,33). The van der Waals surface area contributed by atoms with Crippen LogP contribution in [0.5, 0.6) is 5.75 Å². The van der Waals surface area contributed by atoms with Gasteiger partial charge in [-0.2, -0.15) is 0 Å². The van der Waals surface area contributed by atoms with Crippen molar-refractivity contribution in [3.05, 3.63) is 59.1 Å². The molecule has 2 rings (SSSR count). The molecule has 10 heteroatoms. The minimum atomic E-state index is -3.62. The van der Waals surface area contributed by atoms with E-state index in [-0.39, 0.29) is 37.7 Å². The number of methoxy groups -OCH3 is 1. The smallest absolute Gasteiger partial charge is 0.242 e. The van der Waals surface area contributed by atoms with Crippen molar-refractivity contribution in [1.29, 1.82) is 0 Å². The van der Waals surface area contributed by atoms with Crippen LogP contribution in [-0.2, 0) is 26.2 Å². The number of nitrogens with one attached hydrogen (secondary N) is 1. The topological polar surface area (TPSA) is 96.0 Å². The summed E-state index contributed by atoms with van der Waals surface area (Å²) in [6.07, 6.45) is 3.74. The Kier molecular flexibility index (Phi) is 12.2. The molecule has 0 bridgehead atoms. The average Bonchev–Trinajstić information content (AvgIpc) is 2.87. The first-order chi connectivity index (χ1) is 17.6. The highest BCUT2D eigenvalue weighted by atomic mass is 35.5. The lowest BCUT2D eigenvalue weighted by molar-refractivity contribution is -0.141. The van der Waals surface area contributed by atoms with Crippen LogP contribution in [0, 0.1) is 0 Å². The quantitative estimate of drug-likeness (QED) is 0.326. The molecule has 0 aliphatic rings. The molecule has 2 aromatic rings. The van der Waals surface area contributed by atoms with E-state index in [2.05, 4.69) is 5.32 Å². The first-order valence-corrected chi connectivity index (χ1v) is 14.8. The lowest BCUT2D eigenvalue weighted by Crippen LogP contribution is -2.49. The fraction of sp³-hybridized carbons (Fsp3) is 0.481. The van der Waals surface area contributed by atoms with Gasteiger partial charge in [-0.05, 0) is 49.1 Å². The predicted molar refractivity (Wildman–Crippen MR) is 148 cm³/mol. The number of ether oxygens (including phenoxy) is 1. The molecule has 0 radical (unpaired) electrons. The van der Waals surface area contributed by atoms with Gasteiger partial charge in [0.25, 0.3) is 0 Å². The van der Waals surface area contributed by atoms with Crippen LogP contribution >= 0.6 is 11.6 Å². The second kappa shape index (κ2) is 14.8. The van der Waals surface area contributed by atoms with Crippen LogP contribution in [-0.4, -0.2) is 57.6 Å². The fourth-order valence-corrected chi connectivity index (χ4v) is 5.13. The van der Waals surface area contributed by atoms with Crippen LogP contribution in [0.3, 0.4) is 0 Å². The maximum atomic E-state index is 13.5. The molecule has 204 valence electrons. The first kappa shape index (κ1) is 30.4. The van der Waals surface area contributed by atoms with Gasteiger partial charge < -0.3 is 15.0 Å². The Balaban J connectivity index is 2.21. The number of rotatable bonds is 15. The van der Waals surface area contributed by atoms with Gasteiger partial charge in [0.05, 0.1) is 19.1 Å². The number of carbonyl (C=O) groups is 2. The maximum absolute atomic E-state index is 13.5. The summed E-state index contributed by atoms with van der Waals surface area (Å²) in [7, 11) is -2.14. The number of carbonyl (C=O) groups excluding carboxylic acids is 2. The second-order valence-corrected chi connectivity index (χ2v) is 11.2. The molecule has 1 unspecified atom stereocenters. The zero-order valence-corrected chi connectivity index (χ0v) is 23.6. The predicted octanol–water partition coefficient (Wildman–Crippen LogP) is 4.62. The SMILES string of the molecule is CCCCNC(=O)C(CC)N(Cc1ccc(Cl)cc1)C(=O)CCCN(c1ccccc1OC)S(C)(=O)=O. The van der Waals surface area contributed by atoms with Gasteiger partial charge in [-0.1, -0.05) is 56.1 Å². The molecule has 1 N–H and O–H groups in total. The summed E-state index contributed by atoms with van der Waals surface area (Å²) in [5.74, 6) is 0.0179. The van der Waals surface area contributed by atoms with Gasteiger partial charge in [0.15, 0.2) is 0 Å². The fourth-order valence-electron chi connectivity index (χ4n) is 4.03. The van der Waals surface area contributed by atoms with E-state index in [1.54, 1.807) is 41.3 Å². The molecule has 2 amide bonds. The van der Waals surface area contributed by atoms with Gasteiger partial charge >= 0.3 is 0 Å². The molecule has 1 atom stereocenters. The summed E-state index contributed by atoms with van der Waals surface area (Å²) >= 11 is 6.02. The van der Waals surface area contributed by atoms with Crippen molar-refractivity contribution >= 4 is 39.1 Å². The van der Waals surface area contributed by atoms with E-state index in [1.165, 1.54) is 11.4 Å².